The molecule has 1 heterocycles. The Labute approximate surface area is 56.6 Å². The van der Waals surface area contributed by atoms with E-state index in [-0.39, 0.29) is 19.0 Å². The largest absolute Gasteiger partial charge is 0.438 e. The van der Waals surface area contributed by atoms with Crippen LogP contribution in [0.15, 0.2) is 9.32 Å². The minimum absolute atomic E-state index is 0. The molecular weight excluding hydrogens is 146 g/mol. The molecule has 0 aliphatic rings. The fraction of sp³-hybridized carbons (Fsp3) is 0.333. The van der Waals surface area contributed by atoms with E-state index in [0.29, 0.717) is 5.82 Å². The highest BCUT2D eigenvalue weighted by atomic mass is 35.5. The molecule has 0 spiro atoms. The molecule has 0 unspecified atom stereocenters. The maximum absolute atomic E-state index is 10.1. The fourth-order valence-corrected chi connectivity index (χ4v) is 0.348. The number of hydrogen-bond acceptors (Lipinski definition) is 4. The van der Waals surface area contributed by atoms with Crippen molar-refractivity contribution in [2.75, 3.05) is 0 Å². The fourth-order valence-electron chi connectivity index (χ4n) is 0.348. The molecule has 0 saturated heterocycles. The van der Waals surface area contributed by atoms with E-state index < -0.39 is 5.76 Å². The molecule has 1 aromatic rings. The summed E-state index contributed by atoms with van der Waals surface area (Å²) in [6.45, 7) is 0.200. The van der Waals surface area contributed by atoms with Crippen LogP contribution in [-0.2, 0) is 6.54 Å². The molecule has 3 N–H and O–H groups in total. The van der Waals surface area contributed by atoms with Crippen molar-refractivity contribution in [3.05, 3.63) is 16.4 Å². The summed E-state index contributed by atoms with van der Waals surface area (Å²) in [4.78, 5) is 12.4. The van der Waals surface area contributed by atoms with Crippen LogP contribution in [0.5, 0.6) is 0 Å². The summed E-state index contributed by atoms with van der Waals surface area (Å²) in [6.07, 6.45) is 0. The van der Waals surface area contributed by atoms with E-state index in [0.717, 1.165) is 0 Å². The molecule has 0 atom stereocenters. The number of H-pyrrole nitrogens is 1. The van der Waals surface area contributed by atoms with Gasteiger partial charge in [-0.25, -0.2) is 4.79 Å². The number of rotatable bonds is 1. The molecule has 5 nitrogen and oxygen atoms in total. The average molecular weight is 152 g/mol. The van der Waals surface area contributed by atoms with E-state index >= 15 is 0 Å². The van der Waals surface area contributed by atoms with Gasteiger partial charge in [0, 0.05) is 0 Å². The standard InChI is InChI=1S/C3H5N3O2.ClH/c4-1-2-5-3(7)8-6-2;/h1,4H2,(H,5,6,7);1H. The van der Waals surface area contributed by atoms with Gasteiger partial charge in [0.1, 0.15) is 0 Å². The summed E-state index contributed by atoms with van der Waals surface area (Å²) in [6, 6.07) is 0. The molecule has 0 aliphatic carbocycles. The Morgan fingerprint density at radius 1 is 1.78 bits per heavy atom. The maximum atomic E-state index is 10.1. The third-order valence-electron chi connectivity index (χ3n) is 0.678. The molecule has 0 radical (unpaired) electrons. The molecular formula is C3H6ClN3O2. The van der Waals surface area contributed by atoms with Crippen molar-refractivity contribution in [1.29, 1.82) is 0 Å². The lowest BCUT2D eigenvalue weighted by Crippen LogP contribution is -2.01. The number of nitrogens with zero attached hydrogens (tertiary/aromatic N) is 1. The predicted octanol–water partition coefficient (Wildman–Crippen LogP) is -0.757. The third-order valence-corrected chi connectivity index (χ3v) is 0.678. The smallest absolute Gasteiger partial charge is 0.324 e. The Morgan fingerprint density at radius 3 is 2.67 bits per heavy atom. The quantitative estimate of drug-likeness (QED) is 0.553. The number of nitrogens with one attached hydrogen (secondary N) is 1. The van der Waals surface area contributed by atoms with Gasteiger partial charge in [-0.1, -0.05) is 5.16 Å². The van der Waals surface area contributed by atoms with Crippen molar-refractivity contribution < 1.29 is 4.52 Å². The number of aromatic amines is 1. The molecule has 0 amide bonds. The van der Waals surface area contributed by atoms with Crippen molar-refractivity contribution in [2.45, 2.75) is 6.54 Å². The normalized spacial score (nSPS) is 8.56. The lowest BCUT2D eigenvalue weighted by molar-refractivity contribution is 0.381. The topological polar surface area (TPSA) is 84.9 Å². The molecule has 52 valence electrons. The van der Waals surface area contributed by atoms with E-state index in [1.54, 1.807) is 0 Å². The van der Waals surface area contributed by atoms with E-state index in [9.17, 15) is 4.79 Å². The molecule has 9 heavy (non-hydrogen) atoms. The Balaban J connectivity index is 0.000000640. The Hall–Kier alpha value is -0.810. The first-order chi connectivity index (χ1) is 3.83. The van der Waals surface area contributed by atoms with Gasteiger partial charge in [0.05, 0.1) is 6.54 Å². The second-order valence-electron chi connectivity index (χ2n) is 1.25. The molecule has 1 rings (SSSR count). The third kappa shape index (κ3) is 1.87. The second-order valence-corrected chi connectivity index (χ2v) is 1.25. The average Bonchev–Trinajstić information content (AvgIpc) is 2.14. The second kappa shape index (κ2) is 3.26. The maximum Gasteiger partial charge on any atom is 0.438 e. The highest BCUT2D eigenvalue weighted by molar-refractivity contribution is 5.85. The van der Waals surface area contributed by atoms with Crippen LogP contribution in [0.2, 0.25) is 0 Å². The molecule has 1 aromatic heterocycles. The molecule has 0 fully saturated rings. The minimum atomic E-state index is -0.564. The molecule has 0 saturated carbocycles. The van der Waals surface area contributed by atoms with Crippen LogP contribution in [0, 0.1) is 0 Å². The Bertz CT molecular complexity index is 217. The summed E-state index contributed by atoms with van der Waals surface area (Å²) in [7, 11) is 0. The summed E-state index contributed by atoms with van der Waals surface area (Å²) in [5.41, 5.74) is 5.07. The summed E-state index contributed by atoms with van der Waals surface area (Å²) >= 11 is 0. The van der Waals surface area contributed by atoms with E-state index in [4.69, 9.17) is 5.73 Å². The van der Waals surface area contributed by atoms with Gasteiger partial charge >= 0.3 is 5.76 Å². The van der Waals surface area contributed by atoms with Gasteiger partial charge in [-0.3, -0.25) is 9.51 Å². The number of aromatic nitrogens is 2. The van der Waals surface area contributed by atoms with Crippen molar-refractivity contribution in [3.8, 4) is 0 Å². The van der Waals surface area contributed by atoms with E-state index in [1.807, 2.05) is 0 Å². The van der Waals surface area contributed by atoms with Crippen molar-refractivity contribution in [3.63, 3.8) is 0 Å². The van der Waals surface area contributed by atoms with Crippen LogP contribution in [-0.4, -0.2) is 10.1 Å². The van der Waals surface area contributed by atoms with Crippen LogP contribution in [0.3, 0.4) is 0 Å². The van der Waals surface area contributed by atoms with Gasteiger partial charge in [0.25, 0.3) is 0 Å². The molecule has 6 heteroatoms. The highest BCUT2D eigenvalue weighted by Crippen LogP contribution is 1.75. The van der Waals surface area contributed by atoms with Crippen LogP contribution in [0.1, 0.15) is 5.82 Å². The molecule has 0 aliphatic heterocycles. The molecule has 0 aromatic carbocycles. The predicted molar refractivity (Wildman–Crippen MR) is 32.3 cm³/mol. The van der Waals surface area contributed by atoms with Gasteiger partial charge < -0.3 is 5.73 Å². The highest BCUT2D eigenvalue weighted by Gasteiger charge is 1.92. The monoisotopic (exact) mass is 151 g/mol. The van der Waals surface area contributed by atoms with Gasteiger partial charge in [0.2, 0.25) is 0 Å². The SMILES string of the molecule is Cl.NCc1noc(=O)[nH]1. The van der Waals surface area contributed by atoms with Gasteiger partial charge in [-0.2, -0.15) is 0 Å². The van der Waals surface area contributed by atoms with E-state index in [1.165, 1.54) is 0 Å². The Morgan fingerprint density at radius 2 is 2.44 bits per heavy atom. The minimum Gasteiger partial charge on any atom is -0.324 e. The summed E-state index contributed by atoms with van der Waals surface area (Å²) < 4.78 is 4.11. The lowest BCUT2D eigenvalue weighted by Gasteiger charge is -1.75. The van der Waals surface area contributed by atoms with Crippen LogP contribution < -0.4 is 11.5 Å². The van der Waals surface area contributed by atoms with Gasteiger partial charge in [0.15, 0.2) is 5.82 Å². The van der Waals surface area contributed by atoms with Gasteiger partial charge in [-0.05, 0) is 0 Å². The van der Waals surface area contributed by atoms with E-state index in [2.05, 4.69) is 14.7 Å². The summed E-state index contributed by atoms with van der Waals surface area (Å²) in [5.74, 6) is -0.194. The van der Waals surface area contributed by atoms with Crippen LogP contribution in [0.4, 0.5) is 0 Å². The molecule has 0 bridgehead atoms. The van der Waals surface area contributed by atoms with Gasteiger partial charge in [-0.15, -0.1) is 12.4 Å². The Kier molecular flexibility index (Phi) is 2.97. The number of hydrogen-bond donors (Lipinski definition) is 2. The first-order valence-corrected chi connectivity index (χ1v) is 2.08. The van der Waals surface area contributed by atoms with Crippen molar-refractivity contribution >= 4 is 12.4 Å². The van der Waals surface area contributed by atoms with Crippen molar-refractivity contribution in [1.82, 2.24) is 10.1 Å². The number of halogens is 1. The van der Waals surface area contributed by atoms with Crippen molar-refractivity contribution in [2.24, 2.45) is 5.73 Å². The zero-order valence-electron chi connectivity index (χ0n) is 4.46. The lowest BCUT2D eigenvalue weighted by atomic mass is 10.6. The van der Waals surface area contributed by atoms with Crippen LogP contribution >= 0.6 is 12.4 Å². The first kappa shape index (κ1) is 8.19. The zero-order chi connectivity index (χ0) is 5.98. The first-order valence-electron chi connectivity index (χ1n) is 2.08. The summed E-state index contributed by atoms with van der Waals surface area (Å²) in [5, 5.41) is 3.27. The number of nitrogens with two attached hydrogens (primary N) is 1. The van der Waals surface area contributed by atoms with Crippen LogP contribution in [0.25, 0.3) is 0 Å². The zero-order valence-corrected chi connectivity index (χ0v) is 5.27.